The molecule has 0 spiro atoms. The van der Waals surface area contributed by atoms with Gasteiger partial charge in [-0.2, -0.15) is 0 Å². The van der Waals surface area contributed by atoms with Crippen LogP contribution in [0.25, 0.3) is 11.6 Å². The Morgan fingerprint density at radius 2 is 1.96 bits per heavy atom. The summed E-state index contributed by atoms with van der Waals surface area (Å²) in [6, 6.07) is 12.5. The smallest absolute Gasteiger partial charge is 0.340 e. The first-order valence-corrected chi connectivity index (χ1v) is 9.37. The molecule has 142 valence electrons. The third kappa shape index (κ3) is 5.25. The van der Waals surface area contributed by atoms with Crippen LogP contribution in [0.15, 0.2) is 60.1 Å². The number of benzene rings is 1. The van der Waals surface area contributed by atoms with E-state index in [0.29, 0.717) is 16.1 Å². The van der Waals surface area contributed by atoms with Gasteiger partial charge in [0.1, 0.15) is 5.82 Å². The average molecular weight is 417 g/mol. The van der Waals surface area contributed by atoms with Crippen molar-refractivity contribution in [3.63, 3.8) is 0 Å². The van der Waals surface area contributed by atoms with Crippen LogP contribution >= 0.6 is 22.9 Å². The molecule has 0 saturated heterocycles. The number of thiophene rings is 1. The molecule has 2 aromatic heterocycles. The summed E-state index contributed by atoms with van der Waals surface area (Å²) in [6.45, 7) is -0.490. The molecule has 3 rings (SSSR count). The van der Waals surface area contributed by atoms with Crippen molar-refractivity contribution in [1.82, 2.24) is 4.98 Å². The molecule has 0 radical (unpaired) electrons. The van der Waals surface area contributed by atoms with Gasteiger partial charge in [-0.1, -0.05) is 29.8 Å². The van der Waals surface area contributed by atoms with Crippen LogP contribution in [-0.2, 0) is 14.3 Å². The highest BCUT2D eigenvalue weighted by molar-refractivity contribution is 7.11. The Bertz CT molecular complexity index is 1000. The van der Waals surface area contributed by atoms with Crippen LogP contribution in [0, 0.1) is 5.82 Å². The molecular formula is C20H14ClFN2O3S. The maximum Gasteiger partial charge on any atom is 0.340 e. The molecule has 1 N–H and O–H groups in total. The highest BCUT2D eigenvalue weighted by Gasteiger charge is 2.17. The molecule has 28 heavy (non-hydrogen) atoms. The number of nitrogens with zero attached hydrogens (tertiary/aromatic N) is 1. The van der Waals surface area contributed by atoms with Gasteiger partial charge in [0, 0.05) is 11.1 Å². The van der Waals surface area contributed by atoms with Gasteiger partial charge in [0.05, 0.1) is 11.3 Å². The van der Waals surface area contributed by atoms with E-state index in [9.17, 15) is 14.0 Å². The summed E-state index contributed by atoms with van der Waals surface area (Å²) >= 11 is 7.23. The minimum atomic E-state index is -0.667. The van der Waals surface area contributed by atoms with E-state index in [4.69, 9.17) is 16.3 Å². The third-order valence-corrected chi connectivity index (χ3v) is 4.76. The molecule has 8 heteroatoms. The summed E-state index contributed by atoms with van der Waals surface area (Å²) in [5, 5.41) is 4.48. The Labute approximate surface area is 169 Å². The van der Waals surface area contributed by atoms with E-state index < -0.39 is 18.5 Å². The maximum absolute atomic E-state index is 13.1. The van der Waals surface area contributed by atoms with Gasteiger partial charge < -0.3 is 10.1 Å². The van der Waals surface area contributed by atoms with Crippen LogP contribution in [0.3, 0.4) is 0 Å². The second kappa shape index (κ2) is 9.25. The highest BCUT2D eigenvalue weighted by atomic mass is 35.5. The van der Waals surface area contributed by atoms with E-state index in [2.05, 4.69) is 10.3 Å². The quantitative estimate of drug-likeness (QED) is 0.360. The SMILES string of the molecule is O=C(COC(=O)/C(=C/c1ccc(F)cc1)c1cccs1)Nc1cccnc1Cl. The number of amides is 1. The number of esters is 1. The number of pyridine rings is 1. The van der Waals surface area contributed by atoms with Crippen molar-refractivity contribution in [3.8, 4) is 0 Å². The predicted molar refractivity (Wildman–Crippen MR) is 107 cm³/mol. The molecule has 5 nitrogen and oxygen atoms in total. The number of carbonyl (C=O) groups excluding carboxylic acids is 2. The van der Waals surface area contributed by atoms with Crippen molar-refractivity contribution in [2.24, 2.45) is 0 Å². The van der Waals surface area contributed by atoms with Gasteiger partial charge in [0.25, 0.3) is 5.91 Å². The second-order valence-electron chi connectivity index (χ2n) is 5.55. The Balaban J connectivity index is 1.71. The summed E-state index contributed by atoms with van der Waals surface area (Å²) in [7, 11) is 0. The van der Waals surface area contributed by atoms with Gasteiger partial charge >= 0.3 is 5.97 Å². The zero-order valence-electron chi connectivity index (χ0n) is 14.4. The molecule has 3 aromatic rings. The fourth-order valence-corrected chi connectivity index (χ4v) is 3.16. The van der Waals surface area contributed by atoms with Crippen molar-refractivity contribution in [2.75, 3.05) is 11.9 Å². The van der Waals surface area contributed by atoms with Crippen molar-refractivity contribution in [1.29, 1.82) is 0 Å². The molecule has 0 fully saturated rings. The zero-order valence-corrected chi connectivity index (χ0v) is 16.0. The molecule has 1 aromatic carbocycles. The summed E-state index contributed by atoms with van der Waals surface area (Å²) in [5.74, 6) is -1.59. The summed E-state index contributed by atoms with van der Waals surface area (Å²) in [6.07, 6.45) is 3.08. The van der Waals surface area contributed by atoms with Gasteiger partial charge in [-0.05, 0) is 47.4 Å². The van der Waals surface area contributed by atoms with Crippen LogP contribution < -0.4 is 5.32 Å². The molecule has 0 aliphatic heterocycles. The summed E-state index contributed by atoms with van der Waals surface area (Å²) < 4.78 is 18.3. The topological polar surface area (TPSA) is 68.3 Å². The minimum absolute atomic E-state index is 0.137. The van der Waals surface area contributed by atoms with E-state index in [0.717, 1.165) is 0 Å². The van der Waals surface area contributed by atoms with E-state index in [1.165, 1.54) is 29.7 Å². The lowest BCUT2D eigenvalue weighted by atomic mass is 10.1. The molecule has 1 amide bonds. The average Bonchev–Trinajstić information content (AvgIpc) is 3.22. The number of rotatable bonds is 6. The highest BCUT2D eigenvalue weighted by Crippen LogP contribution is 2.24. The minimum Gasteiger partial charge on any atom is -0.452 e. The Kier molecular flexibility index (Phi) is 6.52. The Morgan fingerprint density at radius 1 is 1.18 bits per heavy atom. The van der Waals surface area contributed by atoms with Crippen LogP contribution in [0.2, 0.25) is 5.15 Å². The van der Waals surface area contributed by atoms with Crippen LogP contribution in [-0.4, -0.2) is 23.5 Å². The van der Waals surface area contributed by atoms with Crippen molar-refractivity contribution >= 4 is 52.2 Å². The number of aromatic nitrogens is 1. The number of anilines is 1. The second-order valence-corrected chi connectivity index (χ2v) is 6.86. The van der Waals surface area contributed by atoms with Crippen molar-refractivity contribution in [3.05, 3.63) is 81.5 Å². The van der Waals surface area contributed by atoms with Gasteiger partial charge in [-0.25, -0.2) is 14.2 Å². The lowest BCUT2D eigenvalue weighted by Crippen LogP contribution is -2.21. The van der Waals surface area contributed by atoms with Crippen molar-refractivity contribution in [2.45, 2.75) is 0 Å². The van der Waals surface area contributed by atoms with E-state index in [1.807, 2.05) is 5.38 Å². The Morgan fingerprint density at radius 3 is 2.64 bits per heavy atom. The fourth-order valence-electron chi connectivity index (χ4n) is 2.26. The molecule has 0 aliphatic rings. The molecule has 0 aliphatic carbocycles. The molecule has 0 atom stereocenters. The summed E-state index contributed by atoms with van der Waals surface area (Å²) in [4.78, 5) is 29.1. The predicted octanol–water partition coefficient (Wildman–Crippen LogP) is 4.66. The van der Waals surface area contributed by atoms with Gasteiger partial charge in [0.15, 0.2) is 11.8 Å². The lowest BCUT2D eigenvalue weighted by molar-refractivity contribution is -0.141. The maximum atomic E-state index is 13.1. The first-order valence-electron chi connectivity index (χ1n) is 8.11. The van der Waals surface area contributed by atoms with Crippen molar-refractivity contribution < 1.29 is 18.7 Å². The van der Waals surface area contributed by atoms with Gasteiger partial charge in [-0.15, -0.1) is 11.3 Å². The van der Waals surface area contributed by atoms with Gasteiger partial charge in [0.2, 0.25) is 0 Å². The van der Waals surface area contributed by atoms with E-state index in [1.54, 1.807) is 42.5 Å². The molecule has 2 heterocycles. The summed E-state index contributed by atoms with van der Waals surface area (Å²) in [5.41, 5.74) is 1.23. The van der Waals surface area contributed by atoms with E-state index >= 15 is 0 Å². The molecular weight excluding hydrogens is 403 g/mol. The fraction of sp³-hybridized carbons (Fsp3) is 0.0500. The third-order valence-electron chi connectivity index (χ3n) is 3.56. The first-order chi connectivity index (χ1) is 13.5. The van der Waals surface area contributed by atoms with Gasteiger partial charge in [-0.3, -0.25) is 4.79 Å². The normalized spacial score (nSPS) is 11.1. The number of nitrogens with one attached hydrogen (secondary N) is 1. The zero-order chi connectivity index (χ0) is 19.9. The monoisotopic (exact) mass is 416 g/mol. The standard InChI is InChI=1S/C20H14ClFN2O3S/c21-19-16(3-1-9-23-19)24-18(25)12-27-20(26)15(17-4-2-10-28-17)11-13-5-7-14(22)8-6-13/h1-11H,12H2,(H,24,25)/b15-11+. The molecule has 0 saturated carbocycles. The van der Waals surface area contributed by atoms with Crippen LogP contribution in [0.1, 0.15) is 10.4 Å². The number of carbonyl (C=O) groups is 2. The largest absolute Gasteiger partial charge is 0.452 e. The lowest BCUT2D eigenvalue weighted by Gasteiger charge is -2.09. The number of halogens is 2. The van der Waals surface area contributed by atoms with E-state index in [-0.39, 0.29) is 16.5 Å². The molecule has 0 bridgehead atoms. The number of hydrogen-bond acceptors (Lipinski definition) is 5. The van der Waals surface area contributed by atoms with Crippen LogP contribution in [0.5, 0.6) is 0 Å². The van der Waals surface area contributed by atoms with Crippen LogP contribution in [0.4, 0.5) is 10.1 Å². The number of hydrogen-bond donors (Lipinski definition) is 1. The number of ether oxygens (including phenoxy) is 1. The molecule has 0 unspecified atom stereocenters. The first kappa shape index (κ1) is 19.7. The Hall–Kier alpha value is -3.03.